The van der Waals surface area contributed by atoms with E-state index in [-0.39, 0.29) is 5.91 Å². The van der Waals surface area contributed by atoms with E-state index in [1.165, 1.54) is 6.42 Å². The first kappa shape index (κ1) is 20.8. The first-order valence-corrected chi connectivity index (χ1v) is 9.20. The van der Waals surface area contributed by atoms with Gasteiger partial charge in [-0.2, -0.15) is 0 Å². The molecule has 2 atom stereocenters. The zero-order valence-corrected chi connectivity index (χ0v) is 16.3. The van der Waals surface area contributed by atoms with Gasteiger partial charge in [0.05, 0.1) is 0 Å². The molecule has 0 aromatic carbocycles. The fraction of sp³-hybridized carbons (Fsp3) is 0.895. The van der Waals surface area contributed by atoms with Crippen molar-refractivity contribution in [2.45, 2.75) is 79.2 Å². The third-order valence-corrected chi connectivity index (χ3v) is 4.30. The van der Waals surface area contributed by atoms with Gasteiger partial charge in [0, 0.05) is 19.5 Å². The number of hydrogen-bond acceptors (Lipinski definition) is 3. The topological polar surface area (TPSA) is 67.4 Å². The molecule has 140 valence electrons. The molecule has 1 fully saturated rings. The molecule has 1 rings (SSSR count). The van der Waals surface area contributed by atoms with Gasteiger partial charge in [-0.05, 0) is 63.7 Å². The molecule has 0 aromatic heterocycles. The molecule has 5 nitrogen and oxygen atoms in total. The Hall–Kier alpha value is -1.26. The molecular weight excluding hydrogens is 304 g/mol. The lowest BCUT2D eigenvalue weighted by Gasteiger charge is -2.38. The fourth-order valence-corrected chi connectivity index (χ4v) is 3.85. The minimum atomic E-state index is -0.483. The number of nitrogens with one attached hydrogen (secondary N) is 2. The lowest BCUT2D eigenvalue weighted by Crippen LogP contribution is -2.35. The fourth-order valence-electron chi connectivity index (χ4n) is 3.85. The monoisotopic (exact) mass is 340 g/mol. The highest BCUT2D eigenvalue weighted by Gasteiger charge is 2.32. The molecule has 0 radical (unpaired) electrons. The largest absolute Gasteiger partial charge is 0.444 e. The molecule has 0 aromatic rings. The molecule has 0 aliphatic heterocycles. The van der Waals surface area contributed by atoms with Crippen molar-refractivity contribution in [2.24, 2.45) is 17.3 Å². The average molecular weight is 341 g/mol. The standard InChI is InChI=1S/C19H36N2O3/c1-14-10-15(13-19(5,6)12-14)11-16(22)20-8-7-9-21-17(23)24-18(2,3)4/h14-15H,7-13H2,1-6H3,(H,20,22)(H,21,23). The Morgan fingerprint density at radius 3 is 2.33 bits per heavy atom. The van der Waals surface area contributed by atoms with Crippen LogP contribution in [0.5, 0.6) is 0 Å². The van der Waals surface area contributed by atoms with Gasteiger partial charge in [0.1, 0.15) is 5.60 Å². The molecule has 0 bridgehead atoms. The van der Waals surface area contributed by atoms with Gasteiger partial charge in [-0.15, -0.1) is 0 Å². The van der Waals surface area contributed by atoms with Gasteiger partial charge in [0.15, 0.2) is 0 Å². The summed E-state index contributed by atoms with van der Waals surface area (Å²) >= 11 is 0. The molecule has 2 unspecified atom stereocenters. The first-order chi connectivity index (χ1) is 11.0. The van der Waals surface area contributed by atoms with Crippen LogP contribution in [0.25, 0.3) is 0 Å². The summed E-state index contributed by atoms with van der Waals surface area (Å²) in [6.45, 7) is 13.5. The summed E-state index contributed by atoms with van der Waals surface area (Å²) in [5, 5.41) is 5.66. The molecule has 2 N–H and O–H groups in total. The minimum Gasteiger partial charge on any atom is -0.444 e. The van der Waals surface area contributed by atoms with Crippen LogP contribution in [0, 0.1) is 17.3 Å². The zero-order valence-electron chi connectivity index (χ0n) is 16.3. The van der Waals surface area contributed by atoms with Crippen LogP contribution >= 0.6 is 0 Å². The predicted molar refractivity (Wildman–Crippen MR) is 96.8 cm³/mol. The second kappa shape index (κ2) is 8.72. The molecule has 1 saturated carbocycles. The highest BCUT2D eigenvalue weighted by Crippen LogP contribution is 2.42. The van der Waals surface area contributed by atoms with Crippen LogP contribution in [0.4, 0.5) is 4.79 Å². The van der Waals surface area contributed by atoms with E-state index in [9.17, 15) is 9.59 Å². The first-order valence-electron chi connectivity index (χ1n) is 9.20. The SMILES string of the molecule is CC1CC(CC(=O)NCCCNC(=O)OC(C)(C)C)CC(C)(C)C1. The van der Waals surface area contributed by atoms with Crippen LogP contribution in [0.3, 0.4) is 0 Å². The smallest absolute Gasteiger partial charge is 0.407 e. The van der Waals surface area contributed by atoms with E-state index in [0.29, 0.717) is 43.2 Å². The van der Waals surface area contributed by atoms with E-state index < -0.39 is 11.7 Å². The predicted octanol–water partition coefficient (Wildman–Crippen LogP) is 3.87. The van der Waals surface area contributed by atoms with Gasteiger partial charge in [-0.1, -0.05) is 20.8 Å². The van der Waals surface area contributed by atoms with Crippen LogP contribution in [-0.2, 0) is 9.53 Å². The van der Waals surface area contributed by atoms with Crippen molar-refractivity contribution >= 4 is 12.0 Å². The number of amides is 2. The van der Waals surface area contributed by atoms with Crippen molar-refractivity contribution in [3.05, 3.63) is 0 Å². The Morgan fingerprint density at radius 2 is 1.75 bits per heavy atom. The number of ether oxygens (including phenoxy) is 1. The van der Waals surface area contributed by atoms with Crippen molar-refractivity contribution < 1.29 is 14.3 Å². The lowest BCUT2D eigenvalue weighted by atomic mass is 9.67. The van der Waals surface area contributed by atoms with E-state index in [1.807, 2.05) is 20.8 Å². The third-order valence-electron chi connectivity index (χ3n) is 4.30. The van der Waals surface area contributed by atoms with Crippen molar-refractivity contribution in [1.29, 1.82) is 0 Å². The van der Waals surface area contributed by atoms with Gasteiger partial charge in [-0.25, -0.2) is 4.79 Å². The van der Waals surface area contributed by atoms with E-state index in [1.54, 1.807) is 0 Å². The van der Waals surface area contributed by atoms with Crippen LogP contribution < -0.4 is 10.6 Å². The molecule has 2 amide bonds. The van der Waals surface area contributed by atoms with Crippen molar-refractivity contribution in [3.63, 3.8) is 0 Å². The van der Waals surface area contributed by atoms with Gasteiger partial charge in [0.25, 0.3) is 0 Å². The van der Waals surface area contributed by atoms with Crippen LogP contribution in [-0.4, -0.2) is 30.7 Å². The highest BCUT2D eigenvalue weighted by atomic mass is 16.6. The Bertz CT molecular complexity index is 427. The van der Waals surface area contributed by atoms with E-state index in [4.69, 9.17) is 4.74 Å². The highest BCUT2D eigenvalue weighted by molar-refractivity contribution is 5.76. The zero-order chi connectivity index (χ0) is 18.4. The minimum absolute atomic E-state index is 0.127. The summed E-state index contributed by atoms with van der Waals surface area (Å²) in [5.74, 6) is 1.32. The molecule has 1 aliphatic carbocycles. The summed E-state index contributed by atoms with van der Waals surface area (Å²) in [6, 6.07) is 0. The maximum absolute atomic E-state index is 12.1. The average Bonchev–Trinajstić information content (AvgIpc) is 2.33. The third kappa shape index (κ3) is 9.14. The second-order valence-electron chi connectivity index (χ2n) is 9.12. The Balaban J connectivity index is 2.15. The Kier molecular flexibility index (Phi) is 7.56. The van der Waals surface area contributed by atoms with E-state index in [2.05, 4.69) is 31.4 Å². The molecule has 5 heteroatoms. The maximum atomic E-state index is 12.1. The molecule has 1 aliphatic rings. The quantitative estimate of drug-likeness (QED) is 0.721. The molecular formula is C19H36N2O3. The second-order valence-corrected chi connectivity index (χ2v) is 9.12. The van der Waals surface area contributed by atoms with Gasteiger partial charge in [0.2, 0.25) is 5.91 Å². The number of hydrogen-bond donors (Lipinski definition) is 2. The maximum Gasteiger partial charge on any atom is 0.407 e. The van der Waals surface area contributed by atoms with E-state index >= 15 is 0 Å². The van der Waals surface area contributed by atoms with Crippen molar-refractivity contribution in [1.82, 2.24) is 10.6 Å². The number of alkyl carbamates (subject to hydrolysis) is 1. The summed E-state index contributed by atoms with van der Waals surface area (Å²) in [4.78, 5) is 23.6. The summed E-state index contributed by atoms with van der Waals surface area (Å²) in [5.41, 5.74) is -0.136. The number of carbonyl (C=O) groups is 2. The van der Waals surface area contributed by atoms with Crippen molar-refractivity contribution in [2.75, 3.05) is 13.1 Å². The van der Waals surface area contributed by atoms with Crippen LogP contribution in [0.15, 0.2) is 0 Å². The van der Waals surface area contributed by atoms with Gasteiger partial charge < -0.3 is 15.4 Å². The summed E-state index contributed by atoms with van der Waals surface area (Å²) in [7, 11) is 0. The van der Waals surface area contributed by atoms with Gasteiger partial charge in [-0.3, -0.25) is 4.79 Å². The molecule has 24 heavy (non-hydrogen) atoms. The van der Waals surface area contributed by atoms with Crippen LogP contribution in [0.1, 0.15) is 73.6 Å². The molecule has 0 saturated heterocycles. The number of rotatable bonds is 6. The van der Waals surface area contributed by atoms with Crippen LogP contribution in [0.2, 0.25) is 0 Å². The summed E-state index contributed by atoms with van der Waals surface area (Å²) in [6.07, 6.45) is 4.45. The number of carbonyl (C=O) groups excluding carboxylic acids is 2. The van der Waals surface area contributed by atoms with E-state index in [0.717, 1.165) is 12.8 Å². The lowest BCUT2D eigenvalue weighted by molar-refractivity contribution is -0.122. The normalized spacial score (nSPS) is 23.4. The Morgan fingerprint density at radius 1 is 1.12 bits per heavy atom. The summed E-state index contributed by atoms with van der Waals surface area (Å²) < 4.78 is 5.16. The van der Waals surface area contributed by atoms with Crippen molar-refractivity contribution in [3.8, 4) is 0 Å². The Labute approximate surface area is 147 Å². The molecule has 0 spiro atoms. The molecule has 0 heterocycles. The van der Waals surface area contributed by atoms with Gasteiger partial charge >= 0.3 is 6.09 Å².